The Labute approximate surface area is 156 Å². The molecule has 0 aliphatic rings. The number of hydrogen-bond donors (Lipinski definition) is 1. The number of nitrogens with zero attached hydrogens (tertiary/aromatic N) is 1. The molecule has 27 heavy (non-hydrogen) atoms. The standard InChI is InChI=1S/C21H21NO5/c1-12-5-7-17-15(9-12)16(22-13(2)21(23)24)11-19(27-17)14-6-8-18(25-3)20(10-14)26-4/h5-11,13H,1-4H3,(H,23,24)/t13-/m1/s1. The first-order valence-corrected chi connectivity index (χ1v) is 8.46. The van der Waals surface area contributed by atoms with Gasteiger partial charge in [0.2, 0.25) is 0 Å². The molecule has 2 aromatic carbocycles. The molecule has 6 nitrogen and oxygen atoms in total. The van der Waals surface area contributed by atoms with Crippen LogP contribution < -0.4 is 14.8 Å². The first-order chi connectivity index (χ1) is 12.9. The number of aliphatic carboxylic acids is 1. The van der Waals surface area contributed by atoms with E-state index in [2.05, 4.69) is 4.99 Å². The smallest absolute Gasteiger partial charge is 0.328 e. The number of carbonyl (C=O) groups is 1. The number of rotatable bonds is 5. The Morgan fingerprint density at radius 2 is 1.81 bits per heavy atom. The van der Waals surface area contributed by atoms with Crippen molar-refractivity contribution in [2.24, 2.45) is 4.99 Å². The normalized spacial score (nSPS) is 12.8. The van der Waals surface area contributed by atoms with Gasteiger partial charge in [-0.1, -0.05) is 11.6 Å². The lowest BCUT2D eigenvalue weighted by Crippen LogP contribution is -2.18. The third kappa shape index (κ3) is 3.79. The van der Waals surface area contributed by atoms with Crippen LogP contribution in [0.1, 0.15) is 12.5 Å². The summed E-state index contributed by atoms with van der Waals surface area (Å²) >= 11 is 0. The van der Waals surface area contributed by atoms with Crippen LogP contribution in [-0.2, 0) is 4.79 Å². The zero-order valence-corrected chi connectivity index (χ0v) is 15.6. The molecule has 0 amide bonds. The molecule has 3 aromatic rings. The van der Waals surface area contributed by atoms with Crippen molar-refractivity contribution in [3.63, 3.8) is 0 Å². The van der Waals surface area contributed by atoms with Crippen LogP contribution in [0.4, 0.5) is 0 Å². The minimum absolute atomic E-state index is 0.559. The average molecular weight is 367 g/mol. The molecule has 1 heterocycles. The van der Waals surface area contributed by atoms with Crippen molar-refractivity contribution in [2.75, 3.05) is 14.2 Å². The highest BCUT2D eigenvalue weighted by molar-refractivity contribution is 5.80. The highest BCUT2D eigenvalue weighted by Gasteiger charge is 2.13. The van der Waals surface area contributed by atoms with E-state index < -0.39 is 12.0 Å². The van der Waals surface area contributed by atoms with Gasteiger partial charge < -0.3 is 19.0 Å². The third-order valence-corrected chi connectivity index (χ3v) is 4.26. The van der Waals surface area contributed by atoms with Crippen LogP contribution in [-0.4, -0.2) is 31.3 Å². The highest BCUT2D eigenvalue weighted by Crippen LogP contribution is 2.32. The van der Waals surface area contributed by atoms with Gasteiger partial charge in [0, 0.05) is 17.0 Å². The van der Waals surface area contributed by atoms with Crippen LogP contribution in [0.5, 0.6) is 11.5 Å². The van der Waals surface area contributed by atoms with Crippen LogP contribution in [0.2, 0.25) is 0 Å². The summed E-state index contributed by atoms with van der Waals surface area (Å²) in [6.45, 7) is 3.51. The fraction of sp³-hybridized carbons (Fsp3) is 0.238. The van der Waals surface area contributed by atoms with Crippen molar-refractivity contribution in [2.45, 2.75) is 19.9 Å². The lowest BCUT2D eigenvalue weighted by Gasteiger charge is -2.10. The first-order valence-electron chi connectivity index (χ1n) is 8.46. The topological polar surface area (TPSA) is 81.3 Å². The molecule has 0 aliphatic heterocycles. The monoisotopic (exact) mass is 367 g/mol. The van der Waals surface area contributed by atoms with E-state index >= 15 is 0 Å². The Morgan fingerprint density at radius 3 is 2.48 bits per heavy atom. The third-order valence-electron chi connectivity index (χ3n) is 4.26. The summed E-state index contributed by atoms with van der Waals surface area (Å²) in [6, 6.07) is 12.1. The summed E-state index contributed by atoms with van der Waals surface area (Å²) in [5.74, 6) is 0.765. The summed E-state index contributed by atoms with van der Waals surface area (Å²) in [4.78, 5) is 15.6. The lowest BCUT2D eigenvalue weighted by atomic mass is 10.1. The summed E-state index contributed by atoms with van der Waals surface area (Å²) in [5.41, 5.74) is 2.44. The predicted molar refractivity (Wildman–Crippen MR) is 102 cm³/mol. The van der Waals surface area contributed by atoms with E-state index in [1.807, 2.05) is 37.3 Å². The predicted octanol–water partition coefficient (Wildman–Crippen LogP) is 3.80. The number of aryl methyl sites for hydroxylation is 1. The SMILES string of the molecule is COc1ccc(-c2cc(=N[C@H](C)C(=O)O)c3cc(C)ccc3o2)cc1OC. The van der Waals surface area contributed by atoms with Crippen LogP contribution >= 0.6 is 0 Å². The van der Waals surface area contributed by atoms with E-state index in [0.717, 1.165) is 16.5 Å². The number of carboxylic acids is 1. The van der Waals surface area contributed by atoms with Crippen LogP contribution in [0.25, 0.3) is 22.3 Å². The van der Waals surface area contributed by atoms with E-state index in [4.69, 9.17) is 13.9 Å². The number of hydrogen-bond acceptors (Lipinski definition) is 5. The second kappa shape index (κ2) is 7.53. The van der Waals surface area contributed by atoms with Crippen molar-refractivity contribution >= 4 is 16.9 Å². The summed E-state index contributed by atoms with van der Waals surface area (Å²) in [6.07, 6.45) is 0. The molecule has 0 aliphatic carbocycles. The molecule has 0 bridgehead atoms. The molecule has 0 radical (unpaired) electrons. The summed E-state index contributed by atoms with van der Waals surface area (Å²) in [5, 5.41) is 10.6. The van der Waals surface area contributed by atoms with Gasteiger partial charge in [-0.2, -0.15) is 0 Å². The fourth-order valence-electron chi connectivity index (χ4n) is 2.79. The van der Waals surface area contributed by atoms with Gasteiger partial charge in [0.25, 0.3) is 0 Å². The molecule has 0 spiro atoms. The van der Waals surface area contributed by atoms with Crippen molar-refractivity contribution < 1.29 is 23.8 Å². The molecule has 6 heteroatoms. The lowest BCUT2D eigenvalue weighted by molar-refractivity contribution is -0.138. The summed E-state index contributed by atoms with van der Waals surface area (Å²) < 4.78 is 16.7. The van der Waals surface area contributed by atoms with Crippen LogP contribution in [0.15, 0.2) is 51.9 Å². The Morgan fingerprint density at radius 1 is 1.07 bits per heavy atom. The molecule has 3 rings (SSSR count). The van der Waals surface area contributed by atoms with Crippen molar-refractivity contribution in [3.05, 3.63) is 53.4 Å². The van der Waals surface area contributed by atoms with Crippen molar-refractivity contribution in [1.29, 1.82) is 0 Å². The quantitative estimate of drug-likeness (QED) is 0.742. The van der Waals surface area contributed by atoms with Gasteiger partial charge in [0.1, 0.15) is 17.4 Å². The van der Waals surface area contributed by atoms with Gasteiger partial charge in [-0.25, -0.2) is 4.79 Å². The number of fused-ring (bicyclic) bond motifs is 1. The maximum Gasteiger partial charge on any atom is 0.328 e. The van der Waals surface area contributed by atoms with Gasteiger partial charge in [0.05, 0.1) is 19.6 Å². The maximum absolute atomic E-state index is 11.3. The average Bonchev–Trinajstić information content (AvgIpc) is 2.67. The van der Waals surface area contributed by atoms with Crippen LogP contribution in [0, 0.1) is 6.92 Å². The second-order valence-corrected chi connectivity index (χ2v) is 6.21. The highest BCUT2D eigenvalue weighted by atomic mass is 16.5. The van der Waals surface area contributed by atoms with Crippen molar-refractivity contribution in [1.82, 2.24) is 0 Å². The van der Waals surface area contributed by atoms with Gasteiger partial charge in [-0.3, -0.25) is 4.99 Å². The molecule has 0 unspecified atom stereocenters. The molecule has 0 fully saturated rings. The first kappa shape index (κ1) is 18.5. The molecule has 0 saturated heterocycles. The number of carboxylic acid groups (broad SMARTS) is 1. The largest absolute Gasteiger partial charge is 0.493 e. The van der Waals surface area contributed by atoms with Gasteiger partial charge in [-0.05, 0) is 44.2 Å². The van der Waals surface area contributed by atoms with Crippen molar-refractivity contribution in [3.8, 4) is 22.8 Å². The van der Waals surface area contributed by atoms with E-state index in [9.17, 15) is 9.90 Å². The van der Waals surface area contributed by atoms with Gasteiger partial charge in [0.15, 0.2) is 11.5 Å². The van der Waals surface area contributed by atoms with E-state index in [1.54, 1.807) is 33.3 Å². The minimum atomic E-state index is -0.982. The van der Waals surface area contributed by atoms with Crippen LogP contribution in [0.3, 0.4) is 0 Å². The number of benzene rings is 2. The van der Waals surface area contributed by atoms with E-state index in [-0.39, 0.29) is 0 Å². The van der Waals surface area contributed by atoms with Gasteiger partial charge in [-0.15, -0.1) is 0 Å². The Balaban J connectivity index is 2.26. The Kier molecular flexibility index (Phi) is 5.16. The number of ether oxygens (including phenoxy) is 2. The number of methoxy groups -OCH3 is 2. The fourth-order valence-corrected chi connectivity index (χ4v) is 2.79. The Bertz CT molecular complexity index is 1070. The molecule has 1 atom stereocenters. The zero-order valence-electron chi connectivity index (χ0n) is 15.6. The molecule has 1 aromatic heterocycles. The molecule has 140 valence electrons. The maximum atomic E-state index is 11.3. The van der Waals surface area contributed by atoms with Gasteiger partial charge >= 0.3 is 5.97 Å². The molecule has 1 N–H and O–H groups in total. The van der Waals surface area contributed by atoms with E-state index in [1.165, 1.54) is 0 Å². The summed E-state index contributed by atoms with van der Waals surface area (Å²) in [7, 11) is 3.14. The Hall–Kier alpha value is -3.28. The zero-order chi connectivity index (χ0) is 19.6. The molecular formula is C21H21NO5. The molecular weight excluding hydrogens is 346 g/mol. The second-order valence-electron chi connectivity index (χ2n) is 6.21. The molecule has 0 saturated carbocycles. The minimum Gasteiger partial charge on any atom is -0.493 e. The van der Waals surface area contributed by atoms with E-state index in [0.29, 0.717) is 28.2 Å².